The van der Waals surface area contributed by atoms with E-state index in [9.17, 15) is 4.79 Å². The number of nitriles is 1. The minimum absolute atomic E-state index is 0.219. The Morgan fingerprint density at radius 1 is 1.24 bits per heavy atom. The van der Waals surface area contributed by atoms with Gasteiger partial charge in [-0.05, 0) is 76.3 Å². The van der Waals surface area contributed by atoms with E-state index in [-0.39, 0.29) is 6.09 Å². The maximum absolute atomic E-state index is 12.2. The van der Waals surface area contributed by atoms with Crippen LogP contribution in [-0.2, 0) is 17.7 Å². The van der Waals surface area contributed by atoms with Gasteiger partial charge in [-0.2, -0.15) is 5.26 Å². The fourth-order valence-electron chi connectivity index (χ4n) is 3.83. The quantitative estimate of drug-likeness (QED) is 0.645. The first-order chi connectivity index (χ1) is 15.8. The molecule has 1 aromatic heterocycles. The lowest BCUT2D eigenvalue weighted by molar-refractivity contribution is 0.0184. The molecule has 0 saturated carbocycles. The van der Waals surface area contributed by atoms with Crippen molar-refractivity contribution < 1.29 is 9.53 Å². The number of nitrogens with one attached hydrogen (secondary N) is 2. The standard InChI is InChI=1S/C25H34N6O2/c1-5-20-12-19(14-26)6-7-22(20)30-23-13-21(28-17-29-23)16-27-15-18-8-10-31(11-9-18)24(32)33-25(2,3)4/h6-7,12-13,17-18,27H,5,8-11,15-16H2,1-4H3,(H,28,29,30). The molecule has 2 aromatic rings. The zero-order chi connectivity index (χ0) is 23.8. The van der Waals surface area contributed by atoms with Gasteiger partial charge in [-0.1, -0.05) is 6.92 Å². The van der Waals surface area contributed by atoms with Crippen molar-refractivity contribution in [3.63, 3.8) is 0 Å². The van der Waals surface area contributed by atoms with E-state index in [1.54, 1.807) is 17.3 Å². The van der Waals surface area contributed by atoms with Crippen LogP contribution in [0.2, 0.25) is 0 Å². The largest absolute Gasteiger partial charge is 0.444 e. The van der Waals surface area contributed by atoms with Gasteiger partial charge in [-0.3, -0.25) is 0 Å². The molecule has 1 amide bonds. The minimum atomic E-state index is -0.459. The fourth-order valence-corrected chi connectivity index (χ4v) is 3.83. The van der Waals surface area contributed by atoms with Crippen LogP contribution in [0.4, 0.5) is 16.3 Å². The number of carbonyl (C=O) groups is 1. The number of likely N-dealkylation sites (tertiary alicyclic amines) is 1. The minimum Gasteiger partial charge on any atom is -0.444 e. The fraction of sp³-hybridized carbons (Fsp3) is 0.520. The van der Waals surface area contributed by atoms with Crippen LogP contribution in [0, 0.1) is 17.2 Å². The summed E-state index contributed by atoms with van der Waals surface area (Å²) < 4.78 is 5.47. The van der Waals surface area contributed by atoms with Gasteiger partial charge in [-0.15, -0.1) is 0 Å². The molecule has 2 N–H and O–H groups in total. The molecule has 0 spiro atoms. The zero-order valence-electron chi connectivity index (χ0n) is 20.0. The zero-order valence-corrected chi connectivity index (χ0v) is 20.0. The van der Waals surface area contributed by atoms with Crippen LogP contribution in [-0.4, -0.2) is 46.2 Å². The van der Waals surface area contributed by atoms with Gasteiger partial charge in [0.2, 0.25) is 0 Å². The molecule has 3 rings (SSSR count). The number of rotatable bonds is 7. The first-order valence-electron chi connectivity index (χ1n) is 11.6. The number of hydrogen-bond donors (Lipinski definition) is 2. The molecule has 0 unspecified atom stereocenters. The highest BCUT2D eigenvalue weighted by Gasteiger charge is 2.26. The summed E-state index contributed by atoms with van der Waals surface area (Å²) in [5.74, 6) is 1.25. The number of nitrogens with zero attached hydrogens (tertiary/aromatic N) is 4. The Balaban J connectivity index is 1.47. The van der Waals surface area contributed by atoms with E-state index < -0.39 is 5.60 Å². The molecule has 1 aliphatic rings. The molecule has 33 heavy (non-hydrogen) atoms. The summed E-state index contributed by atoms with van der Waals surface area (Å²) in [5.41, 5.74) is 3.13. The summed E-state index contributed by atoms with van der Waals surface area (Å²) in [6.07, 6.45) is 4.09. The van der Waals surface area contributed by atoms with E-state index in [0.29, 0.717) is 18.0 Å². The lowest BCUT2D eigenvalue weighted by Gasteiger charge is -2.33. The van der Waals surface area contributed by atoms with E-state index >= 15 is 0 Å². The molecular weight excluding hydrogens is 416 g/mol. The van der Waals surface area contributed by atoms with Gasteiger partial charge in [0, 0.05) is 31.4 Å². The highest BCUT2D eigenvalue weighted by molar-refractivity contribution is 5.68. The number of hydrogen-bond acceptors (Lipinski definition) is 7. The molecular formula is C25H34N6O2. The molecule has 176 valence electrons. The number of amides is 1. The lowest BCUT2D eigenvalue weighted by atomic mass is 9.97. The number of benzene rings is 1. The Hall–Kier alpha value is -3.18. The summed E-state index contributed by atoms with van der Waals surface area (Å²) in [7, 11) is 0. The summed E-state index contributed by atoms with van der Waals surface area (Å²) in [6, 6.07) is 9.75. The van der Waals surface area contributed by atoms with Gasteiger partial charge in [-0.25, -0.2) is 14.8 Å². The molecule has 1 aromatic carbocycles. The van der Waals surface area contributed by atoms with E-state index in [2.05, 4.69) is 33.6 Å². The van der Waals surface area contributed by atoms with Crippen molar-refractivity contribution in [3.8, 4) is 6.07 Å². The molecule has 8 heteroatoms. The number of anilines is 2. The second-order valence-electron chi connectivity index (χ2n) is 9.40. The van der Waals surface area contributed by atoms with Gasteiger partial charge in [0.25, 0.3) is 0 Å². The van der Waals surface area contributed by atoms with Crippen molar-refractivity contribution in [1.29, 1.82) is 5.26 Å². The number of aromatic nitrogens is 2. The predicted molar refractivity (Wildman–Crippen MR) is 128 cm³/mol. The van der Waals surface area contributed by atoms with Gasteiger partial charge in [0.1, 0.15) is 17.7 Å². The smallest absolute Gasteiger partial charge is 0.410 e. The number of carbonyl (C=O) groups excluding carboxylic acids is 1. The average molecular weight is 451 g/mol. The van der Waals surface area contributed by atoms with Gasteiger partial charge >= 0.3 is 6.09 Å². The molecule has 0 bridgehead atoms. The molecule has 8 nitrogen and oxygen atoms in total. The third-order valence-electron chi connectivity index (χ3n) is 5.61. The van der Waals surface area contributed by atoms with Crippen LogP contribution in [0.5, 0.6) is 0 Å². The van der Waals surface area contributed by atoms with E-state index in [1.165, 1.54) is 0 Å². The Kier molecular flexibility index (Phi) is 8.23. The molecule has 2 heterocycles. The highest BCUT2D eigenvalue weighted by Crippen LogP contribution is 2.22. The molecule has 0 aliphatic carbocycles. The topological polar surface area (TPSA) is 103 Å². The van der Waals surface area contributed by atoms with Crippen LogP contribution in [0.15, 0.2) is 30.6 Å². The van der Waals surface area contributed by atoms with Gasteiger partial charge < -0.3 is 20.3 Å². The van der Waals surface area contributed by atoms with Crippen molar-refractivity contribution in [2.24, 2.45) is 5.92 Å². The summed E-state index contributed by atoms with van der Waals surface area (Å²) >= 11 is 0. The lowest BCUT2D eigenvalue weighted by Crippen LogP contribution is -2.43. The summed E-state index contributed by atoms with van der Waals surface area (Å²) in [5, 5.41) is 16.0. The summed E-state index contributed by atoms with van der Waals surface area (Å²) in [6.45, 7) is 10.7. The number of ether oxygens (including phenoxy) is 1. The first-order valence-corrected chi connectivity index (χ1v) is 11.6. The van der Waals surface area contributed by atoms with E-state index in [0.717, 1.165) is 61.7 Å². The Labute approximate surface area is 196 Å². The van der Waals surface area contributed by atoms with Gasteiger partial charge in [0.05, 0.1) is 17.3 Å². The molecule has 1 fully saturated rings. The van der Waals surface area contributed by atoms with Crippen LogP contribution in [0.25, 0.3) is 0 Å². The number of aryl methyl sites for hydroxylation is 1. The monoisotopic (exact) mass is 450 g/mol. The van der Waals surface area contributed by atoms with Crippen LogP contribution in [0.1, 0.15) is 57.4 Å². The van der Waals surface area contributed by atoms with Crippen molar-refractivity contribution >= 4 is 17.6 Å². The first kappa shape index (κ1) is 24.5. The predicted octanol–water partition coefficient (Wildman–Crippen LogP) is 4.39. The van der Waals surface area contributed by atoms with Crippen molar-refractivity contribution in [3.05, 3.63) is 47.4 Å². The SMILES string of the molecule is CCc1cc(C#N)ccc1Nc1cc(CNCC2CCN(C(=O)OC(C)(C)C)CC2)ncn1. The van der Waals surface area contributed by atoms with Crippen LogP contribution in [0.3, 0.4) is 0 Å². The molecule has 0 atom stereocenters. The normalized spacial score (nSPS) is 14.6. The van der Waals surface area contributed by atoms with Crippen molar-refractivity contribution in [2.45, 2.75) is 59.1 Å². The van der Waals surface area contributed by atoms with E-state index in [1.807, 2.05) is 39.0 Å². The Morgan fingerprint density at radius 3 is 2.67 bits per heavy atom. The molecule has 1 saturated heterocycles. The van der Waals surface area contributed by atoms with Crippen molar-refractivity contribution in [1.82, 2.24) is 20.2 Å². The maximum atomic E-state index is 12.2. The highest BCUT2D eigenvalue weighted by atomic mass is 16.6. The Morgan fingerprint density at radius 2 is 2.00 bits per heavy atom. The van der Waals surface area contributed by atoms with Crippen LogP contribution >= 0.6 is 0 Å². The van der Waals surface area contributed by atoms with Crippen molar-refractivity contribution in [2.75, 3.05) is 25.0 Å². The maximum Gasteiger partial charge on any atom is 0.410 e. The molecule has 0 radical (unpaired) electrons. The third kappa shape index (κ3) is 7.43. The average Bonchev–Trinajstić information content (AvgIpc) is 2.79. The van der Waals surface area contributed by atoms with Gasteiger partial charge in [0.15, 0.2) is 0 Å². The van der Waals surface area contributed by atoms with Crippen LogP contribution < -0.4 is 10.6 Å². The second-order valence-corrected chi connectivity index (χ2v) is 9.40. The summed E-state index contributed by atoms with van der Waals surface area (Å²) in [4.78, 5) is 22.7. The third-order valence-corrected chi connectivity index (χ3v) is 5.61. The number of piperidine rings is 1. The second kappa shape index (κ2) is 11.1. The molecule has 1 aliphatic heterocycles. The van der Waals surface area contributed by atoms with E-state index in [4.69, 9.17) is 10.00 Å². The Bertz CT molecular complexity index is 987.